The highest BCUT2D eigenvalue weighted by Gasteiger charge is 2.69. The molecule has 10 heteroatoms. The molecule has 7 N–H and O–H groups in total. The minimum Gasteiger partial charge on any atom is -0.481 e. The number of carboxylic acid groups (broad SMARTS) is 1. The van der Waals surface area contributed by atoms with Crippen LogP contribution in [-0.4, -0.2) is 97.3 Å². The van der Waals surface area contributed by atoms with E-state index in [4.69, 9.17) is 9.47 Å². The maximum absolute atomic E-state index is 12.9. The van der Waals surface area contributed by atoms with Gasteiger partial charge in [-0.1, -0.05) is 66.2 Å². The van der Waals surface area contributed by atoms with E-state index in [9.17, 15) is 40.5 Å². The summed E-state index contributed by atoms with van der Waals surface area (Å²) < 4.78 is 12.5. The monoisotopic (exact) mass is 664 g/mol. The number of allylic oxidation sites excluding steroid dienone is 2. The summed E-state index contributed by atoms with van der Waals surface area (Å²) in [6.07, 6.45) is -4.74. The third kappa shape index (κ3) is 5.57. The van der Waals surface area contributed by atoms with E-state index < -0.39 is 83.8 Å². The van der Waals surface area contributed by atoms with Crippen LogP contribution in [0.15, 0.2) is 23.3 Å². The number of rotatable bonds is 9. The summed E-state index contributed by atoms with van der Waals surface area (Å²) in [6.45, 7) is 18.3. The van der Waals surface area contributed by atoms with E-state index in [1.54, 1.807) is 0 Å². The zero-order valence-corrected chi connectivity index (χ0v) is 29.4. The largest absolute Gasteiger partial charge is 0.481 e. The fourth-order valence-electron chi connectivity index (χ4n) is 10.9. The van der Waals surface area contributed by atoms with Gasteiger partial charge in [0.15, 0.2) is 6.29 Å². The van der Waals surface area contributed by atoms with E-state index in [0.717, 1.165) is 17.6 Å². The second-order valence-electron chi connectivity index (χ2n) is 17.1. The molecule has 0 amide bonds. The molecular formula is C37H60O10. The fraction of sp³-hybridized carbons (Fsp3) is 0.865. The molecule has 10 nitrogen and oxygen atoms in total. The number of hydrogen-bond donors (Lipinski definition) is 7. The van der Waals surface area contributed by atoms with Gasteiger partial charge in [0.1, 0.15) is 24.4 Å². The maximum atomic E-state index is 12.9. The van der Waals surface area contributed by atoms with Crippen LogP contribution in [0.3, 0.4) is 0 Å². The molecule has 47 heavy (non-hydrogen) atoms. The number of aliphatic hydroxyl groups excluding tert-OH is 6. The van der Waals surface area contributed by atoms with Crippen LogP contribution < -0.4 is 0 Å². The molecule has 0 radical (unpaired) electrons. The van der Waals surface area contributed by atoms with E-state index in [0.29, 0.717) is 44.9 Å². The van der Waals surface area contributed by atoms with Gasteiger partial charge in [0, 0.05) is 5.41 Å². The second-order valence-corrected chi connectivity index (χ2v) is 17.1. The van der Waals surface area contributed by atoms with E-state index in [1.807, 2.05) is 6.92 Å². The minimum atomic E-state index is -1.60. The molecule has 5 rings (SSSR count). The van der Waals surface area contributed by atoms with Crippen LogP contribution >= 0.6 is 0 Å². The summed E-state index contributed by atoms with van der Waals surface area (Å²) in [5.41, 5.74) is 0.837. The van der Waals surface area contributed by atoms with Crippen LogP contribution in [-0.2, 0) is 14.3 Å². The maximum Gasteiger partial charge on any atom is 0.306 e. The van der Waals surface area contributed by atoms with Gasteiger partial charge in [0.2, 0.25) is 0 Å². The quantitative estimate of drug-likeness (QED) is 0.180. The van der Waals surface area contributed by atoms with Crippen LogP contribution in [0.2, 0.25) is 0 Å². The normalized spacial score (nSPS) is 46.9. The van der Waals surface area contributed by atoms with Crippen molar-refractivity contribution < 1.29 is 50.0 Å². The Morgan fingerprint density at radius 2 is 1.64 bits per heavy atom. The van der Waals surface area contributed by atoms with E-state index >= 15 is 0 Å². The van der Waals surface area contributed by atoms with Gasteiger partial charge < -0.3 is 45.2 Å². The molecule has 0 spiro atoms. The molecule has 1 heterocycles. The standard InChI is InChI=1S/C37H60O10/c1-18(2)19(3)9-10-20(32(44)45)22-15-27(40)37(8)28-21(11-14-36(22,37)7)35(6)13-12-26(39)34(4,5)25(35)16-23(28)46-33-31(43)30(42)29(41)24(17-38)47-33/h18,20,22-27,29-31,33,38-43H,3,9-17H2,1-2,4-8H3,(H,44,45)/t20-,22-,23-,24-,25+,26+,27+,29-,30+,31-,33-,35-,36-,37+/m1/s1. The highest BCUT2D eigenvalue weighted by atomic mass is 16.7. The molecule has 3 fully saturated rings. The Balaban J connectivity index is 1.61. The van der Waals surface area contributed by atoms with Crippen molar-refractivity contribution in [1.29, 1.82) is 0 Å². The smallest absolute Gasteiger partial charge is 0.306 e. The highest BCUT2D eigenvalue weighted by molar-refractivity contribution is 5.71. The topological polar surface area (TPSA) is 177 Å². The van der Waals surface area contributed by atoms with Crippen molar-refractivity contribution in [2.24, 2.45) is 45.3 Å². The summed E-state index contributed by atoms with van der Waals surface area (Å²) in [5, 5.41) is 75.9. The lowest BCUT2D eigenvalue weighted by atomic mass is 9.42. The van der Waals surface area contributed by atoms with Crippen LogP contribution in [0.4, 0.5) is 0 Å². The Morgan fingerprint density at radius 3 is 2.23 bits per heavy atom. The molecule has 0 aromatic rings. The van der Waals surface area contributed by atoms with Crippen molar-refractivity contribution >= 4 is 5.97 Å². The number of ether oxygens (including phenoxy) is 2. The fourth-order valence-corrected chi connectivity index (χ4v) is 10.9. The average molecular weight is 665 g/mol. The highest BCUT2D eigenvalue weighted by Crippen LogP contribution is 2.73. The van der Waals surface area contributed by atoms with Gasteiger partial charge in [-0.25, -0.2) is 0 Å². The zero-order chi connectivity index (χ0) is 35.0. The van der Waals surface area contributed by atoms with Crippen LogP contribution in [0.5, 0.6) is 0 Å². The summed E-state index contributed by atoms with van der Waals surface area (Å²) >= 11 is 0. The molecular weight excluding hydrogens is 604 g/mol. The molecule has 1 aliphatic heterocycles. The SMILES string of the molecule is C=C(CC[C@@H](C(=O)O)[C@H]1C[C@H](O)[C@@]2(C)C3=C(CC[C@]12C)[C@@]1(C)CC[C@H](O)C(C)(C)[C@@H]1C[C@H]3O[C@@H]1O[C@H](CO)[C@@H](O)[C@H](O)[C@H]1O)C(C)C. The van der Waals surface area contributed by atoms with Gasteiger partial charge in [-0.15, -0.1) is 0 Å². The third-order valence-corrected chi connectivity index (χ3v) is 14.4. The van der Waals surface area contributed by atoms with Crippen molar-refractivity contribution in [3.8, 4) is 0 Å². The Kier molecular flexibility index (Phi) is 10.0. The summed E-state index contributed by atoms with van der Waals surface area (Å²) in [6, 6.07) is 0. The Bertz CT molecular complexity index is 1240. The lowest BCUT2D eigenvalue weighted by Crippen LogP contribution is -2.62. The van der Waals surface area contributed by atoms with Crippen LogP contribution in [0.25, 0.3) is 0 Å². The number of carbonyl (C=O) groups is 1. The molecule has 2 saturated carbocycles. The Morgan fingerprint density at radius 1 is 0.979 bits per heavy atom. The van der Waals surface area contributed by atoms with Crippen molar-refractivity contribution in [3.05, 3.63) is 23.3 Å². The lowest BCUT2D eigenvalue weighted by Gasteiger charge is -2.64. The summed E-state index contributed by atoms with van der Waals surface area (Å²) in [7, 11) is 0. The summed E-state index contributed by atoms with van der Waals surface area (Å²) in [4.78, 5) is 12.9. The van der Waals surface area contributed by atoms with E-state index in [-0.39, 0.29) is 23.2 Å². The van der Waals surface area contributed by atoms with Crippen molar-refractivity contribution in [2.45, 2.75) is 149 Å². The molecule has 14 atom stereocenters. The minimum absolute atomic E-state index is 0.0245. The molecule has 0 aromatic carbocycles. The Hall–Kier alpha value is -1.37. The van der Waals surface area contributed by atoms with Gasteiger partial charge in [-0.2, -0.15) is 0 Å². The predicted octanol–water partition coefficient (Wildman–Crippen LogP) is 3.56. The molecule has 5 aliphatic rings. The Labute approximate surface area is 279 Å². The zero-order valence-electron chi connectivity index (χ0n) is 29.4. The predicted molar refractivity (Wildman–Crippen MR) is 175 cm³/mol. The van der Waals surface area contributed by atoms with Gasteiger partial charge >= 0.3 is 5.97 Å². The molecule has 0 unspecified atom stereocenters. The van der Waals surface area contributed by atoms with Crippen molar-refractivity contribution in [1.82, 2.24) is 0 Å². The average Bonchev–Trinajstić information content (AvgIpc) is 3.21. The molecule has 268 valence electrons. The van der Waals surface area contributed by atoms with Gasteiger partial charge in [0.05, 0.1) is 30.8 Å². The number of aliphatic carboxylic acids is 1. The molecule has 0 aromatic heterocycles. The first kappa shape index (κ1) is 36.9. The van der Waals surface area contributed by atoms with Crippen LogP contribution in [0.1, 0.15) is 99.8 Å². The van der Waals surface area contributed by atoms with E-state index in [2.05, 4.69) is 48.1 Å². The third-order valence-electron chi connectivity index (χ3n) is 14.4. The van der Waals surface area contributed by atoms with Gasteiger partial charge in [0.25, 0.3) is 0 Å². The first-order valence-corrected chi connectivity index (χ1v) is 17.7. The second kappa shape index (κ2) is 12.7. The number of aliphatic hydroxyl groups is 6. The number of hydrogen-bond acceptors (Lipinski definition) is 9. The summed E-state index contributed by atoms with van der Waals surface area (Å²) in [5.74, 6) is -1.62. The molecule has 4 aliphatic carbocycles. The first-order valence-electron chi connectivity index (χ1n) is 17.7. The van der Waals surface area contributed by atoms with Gasteiger partial charge in [-0.05, 0) is 90.9 Å². The first-order chi connectivity index (χ1) is 21.8. The van der Waals surface area contributed by atoms with Crippen LogP contribution in [0, 0.1) is 45.3 Å². The van der Waals surface area contributed by atoms with Crippen molar-refractivity contribution in [2.75, 3.05) is 6.61 Å². The lowest BCUT2D eigenvalue weighted by molar-refractivity contribution is -0.313. The van der Waals surface area contributed by atoms with E-state index in [1.165, 1.54) is 5.57 Å². The number of carboxylic acids is 1. The molecule has 0 bridgehead atoms. The number of fused-ring (bicyclic) bond motifs is 4. The van der Waals surface area contributed by atoms with Gasteiger partial charge in [-0.3, -0.25) is 4.79 Å². The van der Waals surface area contributed by atoms with Crippen molar-refractivity contribution in [3.63, 3.8) is 0 Å². The molecule has 1 saturated heterocycles.